The number of aromatic carboxylic acids is 1. The fraction of sp³-hybridized carbons (Fsp3) is 0.111. The van der Waals surface area contributed by atoms with Gasteiger partial charge in [-0.15, -0.1) is 0 Å². The number of amides is 4. The number of barbiturate groups is 1. The third kappa shape index (κ3) is 5.31. The van der Waals surface area contributed by atoms with E-state index in [9.17, 15) is 19.2 Å². The summed E-state index contributed by atoms with van der Waals surface area (Å²) in [5, 5.41) is 11.4. The molecule has 0 aliphatic carbocycles. The van der Waals surface area contributed by atoms with E-state index < -0.39 is 23.8 Å². The summed E-state index contributed by atoms with van der Waals surface area (Å²) in [6.45, 7) is 1.84. The molecule has 188 valence electrons. The van der Waals surface area contributed by atoms with Gasteiger partial charge >= 0.3 is 12.0 Å². The lowest BCUT2D eigenvalue weighted by atomic mass is 10.1. The lowest BCUT2D eigenvalue weighted by Gasteiger charge is -2.27. The highest BCUT2D eigenvalue weighted by molar-refractivity contribution is 6.39. The fourth-order valence-electron chi connectivity index (χ4n) is 3.72. The number of hydrogen-bond donors (Lipinski definition) is 2. The van der Waals surface area contributed by atoms with Crippen LogP contribution in [0.4, 0.5) is 10.5 Å². The van der Waals surface area contributed by atoms with Gasteiger partial charge in [-0.1, -0.05) is 41.9 Å². The molecule has 3 aromatic rings. The molecule has 3 aromatic carbocycles. The first-order chi connectivity index (χ1) is 17.7. The van der Waals surface area contributed by atoms with Gasteiger partial charge in [-0.25, -0.2) is 14.5 Å². The number of carbonyl (C=O) groups is 4. The minimum atomic E-state index is -1.03. The standard InChI is InChI=1S/C27H21ClN2O7/c1-15-5-3-4-6-21(15)30-25(32)19(24(31)29-27(30)35)11-17-12-20(28)23(22(13-17)36-2)37-14-16-7-9-18(10-8-16)26(33)34/h3-13H,14H2,1-2H3,(H,33,34)(H,29,31,35)/b19-11+. The molecule has 2 N–H and O–H groups in total. The zero-order valence-corrected chi connectivity index (χ0v) is 20.5. The van der Waals surface area contributed by atoms with Crippen molar-refractivity contribution in [1.82, 2.24) is 5.32 Å². The molecule has 4 rings (SSSR count). The number of benzene rings is 3. The molecule has 4 amide bonds. The van der Waals surface area contributed by atoms with Gasteiger partial charge in [0.2, 0.25) is 0 Å². The van der Waals surface area contributed by atoms with Crippen molar-refractivity contribution in [3.63, 3.8) is 0 Å². The van der Waals surface area contributed by atoms with Crippen LogP contribution in [0.5, 0.6) is 11.5 Å². The van der Waals surface area contributed by atoms with Crippen molar-refractivity contribution in [3.05, 3.63) is 93.5 Å². The van der Waals surface area contributed by atoms with E-state index in [1.807, 2.05) is 0 Å². The molecule has 0 spiro atoms. The Morgan fingerprint density at radius 3 is 2.43 bits per heavy atom. The molecule has 0 saturated carbocycles. The van der Waals surface area contributed by atoms with Crippen molar-refractivity contribution in [2.75, 3.05) is 12.0 Å². The quantitative estimate of drug-likeness (QED) is 0.345. The summed E-state index contributed by atoms with van der Waals surface area (Å²) < 4.78 is 11.2. The summed E-state index contributed by atoms with van der Waals surface area (Å²) >= 11 is 6.44. The number of aryl methyl sites for hydroxylation is 1. The van der Waals surface area contributed by atoms with E-state index in [1.54, 1.807) is 43.3 Å². The van der Waals surface area contributed by atoms with Crippen LogP contribution in [0, 0.1) is 6.92 Å². The minimum Gasteiger partial charge on any atom is -0.493 e. The predicted octanol–water partition coefficient (Wildman–Crippen LogP) is 4.60. The van der Waals surface area contributed by atoms with Crippen molar-refractivity contribution >= 4 is 47.2 Å². The summed E-state index contributed by atoms with van der Waals surface area (Å²) in [6.07, 6.45) is 1.32. The van der Waals surface area contributed by atoms with Crippen molar-refractivity contribution < 1.29 is 33.8 Å². The predicted molar refractivity (Wildman–Crippen MR) is 136 cm³/mol. The zero-order chi connectivity index (χ0) is 26.7. The van der Waals surface area contributed by atoms with Crippen LogP contribution in [-0.2, 0) is 16.2 Å². The molecule has 1 fully saturated rings. The number of methoxy groups -OCH3 is 1. The normalized spacial score (nSPS) is 14.5. The van der Waals surface area contributed by atoms with E-state index in [2.05, 4.69) is 5.32 Å². The number of carbonyl (C=O) groups excluding carboxylic acids is 3. The molecule has 0 radical (unpaired) electrons. The van der Waals surface area contributed by atoms with Crippen LogP contribution < -0.4 is 19.7 Å². The van der Waals surface area contributed by atoms with Gasteiger partial charge in [0.05, 0.1) is 23.4 Å². The highest BCUT2D eigenvalue weighted by Gasteiger charge is 2.37. The lowest BCUT2D eigenvalue weighted by Crippen LogP contribution is -2.54. The van der Waals surface area contributed by atoms with Crippen LogP contribution in [-0.4, -0.2) is 36.0 Å². The summed E-state index contributed by atoms with van der Waals surface area (Å²) in [7, 11) is 1.41. The van der Waals surface area contributed by atoms with Crippen LogP contribution in [0.25, 0.3) is 6.08 Å². The molecule has 10 heteroatoms. The summed E-state index contributed by atoms with van der Waals surface area (Å²) in [6, 6.07) is 15.2. The molecular formula is C27H21ClN2O7. The van der Waals surface area contributed by atoms with Gasteiger partial charge in [0.15, 0.2) is 11.5 Å². The smallest absolute Gasteiger partial charge is 0.335 e. The maximum Gasteiger partial charge on any atom is 0.335 e. The van der Waals surface area contributed by atoms with Gasteiger partial charge in [-0.2, -0.15) is 0 Å². The first kappa shape index (κ1) is 25.5. The lowest BCUT2D eigenvalue weighted by molar-refractivity contribution is -0.122. The van der Waals surface area contributed by atoms with Crippen LogP contribution in [0.1, 0.15) is 27.0 Å². The number of rotatable bonds is 7. The van der Waals surface area contributed by atoms with Gasteiger partial charge in [-0.05, 0) is 60.0 Å². The molecule has 1 aliphatic heterocycles. The molecule has 0 aromatic heterocycles. The summed E-state index contributed by atoms with van der Waals surface area (Å²) in [5.41, 5.74) is 2.02. The number of para-hydroxylation sites is 1. The Kier molecular flexibility index (Phi) is 7.26. The molecule has 1 heterocycles. The molecule has 0 bridgehead atoms. The van der Waals surface area contributed by atoms with E-state index in [4.69, 9.17) is 26.2 Å². The van der Waals surface area contributed by atoms with E-state index in [-0.39, 0.29) is 34.3 Å². The number of carboxylic acid groups (broad SMARTS) is 1. The molecular weight excluding hydrogens is 500 g/mol. The van der Waals surface area contributed by atoms with Gasteiger partial charge < -0.3 is 14.6 Å². The van der Waals surface area contributed by atoms with Gasteiger partial charge in [0, 0.05) is 0 Å². The Hall–Kier alpha value is -4.63. The molecule has 9 nitrogen and oxygen atoms in total. The highest BCUT2D eigenvalue weighted by atomic mass is 35.5. The topological polar surface area (TPSA) is 122 Å². The Morgan fingerprint density at radius 1 is 1.08 bits per heavy atom. The van der Waals surface area contributed by atoms with Crippen molar-refractivity contribution in [2.24, 2.45) is 0 Å². The SMILES string of the molecule is COc1cc(/C=C2\C(=O)NC(=O)N(c3ccccc3C)C2=O)cc(Cl)c1OCc1ccc(C(=O)O)cc1. The number of halogens is 1. The third-order valence-electron chi connectivity index (χ3n) is 5.60. The third-order valence-corrected chi connectivity index (χ3v) is 5.89. The Morgan fingerprint density at radius 2 is 1.78 bits per heavy atom. The second-order valence-corrected chi connectivity index (χ2v) is 8.48. The molecule has 0 atom stereocenters. The minimum absolute atomic E-state index is 0.0881. The zero-order valence-electron chi connectivity index (χ0n) is 19.8. The molecule has 1 saturated heterocycles. The number of nitrogens with one attached hydrogen (secondary N) is 1. The van der Waals surface area contributed by atoms with Gasteiger partial charge in [0.25, 0.3) is 11.8 Å². The second kappa shape index (κ2) is 10.5. The van der Waals surface area contributed by atoms with Crippen molar-refractivity contribution in [2.45, 2.75) is 13.5 Å². The van der Waals surface area contributed by atoms with Gasteiger partial charge in [0.1, 0.15) is 12.2 Å². The number of hydrogen-bond acceptors (Lipinski definition) is 6. The Balaban J connectivity index is 1.62. The van der Waals surface area contributed by atoms with Gasteiger partial charge in [-0.3, -0.25) is 14.9 Å². The largest absolute Gasteiger partial charge is 0.493 e. The number of imide groups is 2. The van der Waals surface area contributed by atoms with Crippen LogP contribution in [0.15, 0.2) is 66.2 Å². The number of urea groups is 1. The van der Waals surface area contributed by atoms with E-state index in [0.29, 0.717) is 22.4 Å². The summed E-state index contributed by atoms with van der Waals surface area (Å²) in [5.74, 6) is -2.16. The maximum atomic E-state index is 13.2. The Labute approximate surface area is 216 Å². The molecule has 1 aliphatic rings. The summed E-state index contributed by atoms with van der Waals surface area (Å²) in [4.78, 5) is 50.1. The van der Waals surface area contributed by atoms with Crippen LogP contribution in [0.2, 0.25) is 5.02 Å². The number of anilines is 1. The van der Waals surface area contributed by atoms with Crippen molar-refractivity contribution in [3.8, 4) is 11.5 Å². The average Bonchev–Trinajstić information content (AvgIpc) is 2.87. The monoisotopic (exact) mass is 520 g/mol. The second-order valence-electron chi connectivity index (χ2n) is 8.07. The number of carboxylic acids is 1. The van der Waals surface area contributed by atoms with Crippen LogP contribution in [0.3, 0.4) is 0 Å². The average molecular weight is 521 g/mol. The van der Waals surface area contributed by atoms with E-state index >= 15 is 0 Å². The van der Waals surface area contributed by atoms with Crippen molar-refractivity contribution in [1.29, 1.82) is 0 Å². The fourth-order valence-corrected chi connectivity index (χ4v) is 3.99. The number of nitrogens with zero attached hydrogens (tertiary/aromatic N) is 1. The highest BCUT2D eigenvalue weighted by Crippen LogP contribution is 2.38. The first-order valence-corrected chi connectivity index (χ1v) is 11.4. The van der Waals surface area contributed by atoms with E-state index in [1.165, 1.54) is 37.5 Å². The molecule has 0 unspecified atom stereocenters. The maximum absolute atomic E-state index is 13.2. The Bertz CT molecular complexity index is 1450. The first-order valence-electron chi connectivity index (χ1n) is 11.0. The molecule has 37 heavy (non-hydrogen) atoms. The van der Waals surface area contributed by atoms with Crippen LogP contribution >= 0.6 is 11.6 Å². The van der Waals surface area contributed by atoms with E-state index in [0.717, 1.165) is 4.90 Å². The number of ether oxygens (including phenoxy) is 2.